The number of methoxy groups -OCH3 is 1. The number of ether oxygens (including phenoxy) is 1. The van der Waals surface area contributed by atoms with Crippen LogP contribution in [0.3, 0.4) is 0 Å². The number of likely N-dealkylation sites (tertiary alicyclic amines) is 1. The summed E-state index contributed by atoms with van der Waals surface area (Å²) in [5, 5.41) is 24.0. The van der Waals surface area contributed by atoms with E-state index in [4.69, 9.17) is 9.72 Å². The number of rotatable bonds is 3. The molecule has 3 atom stereocenters. The first-order chi connectivity index (χ1) is 15.0. The minimum Gasteiger partial charge on any atom is -0.508 e. The van der Waals surface area contributed by atoms with Crippen molar-refractivity contribution in [3.8, 4) is 5.75 Å². The van der Waals surface area contributed by atoms with Gasteiger partial charge in [-0.05, 0) is 60.3 Å². The maximum absolute atomic E-state index is 12.5. The van der Waals surface area contributed by atoms with Crippen LogP contribution < -0.4 is 0 Å². The number of phenols is 1. The number of hydrogen-bond acceptors (Lipinski definition) is 5. The van der Waals surface area contributed by atoms with Crippen molar-refractivity contribution in [2.75, 3.05) is 26.8 Å². The Labute approximate surface area is 182 Å². The van der Waals surface area contributed by atoms with E-state index in [0.29, 0.717) is 19.4 Å². The molecule has 5 nitrogen and oxygen atoms in total. The summed E-state index contributed by atoms with van der Waals surface area (Å²) in [5.74, 6) is 0.271. The van der Waals surface area contributed by atoms with Gasteiger partial charge in [-0.2, -0.15) is 0 Å². The molecule has 0 spiro atoms. The molecule has 2 aromatic carbocycles. The highest BCUT2D eigenvalue weighted by Crippen LogP contribution is 2.57. The number of aromatic nitrogens is 1. The molecule has 160 valence electrons. The summed E-state index contributed by atoms with van der Waals surface area (Å²) in [4.78, 5) is 7.45. The SMILES string of the molecule is COCCN1CC[C@]23Cc4nc5ccccc5cc4C[C@@]2(O)[C@H]1Cc1ccc(O)cc13. The van der Waals surface area contributed by atoms with E-state index in [2.05, 4.69) is 23.1 Å². The Morgan fingerprint density at radius 2 is 2.00 bits per heavy atom. The highest BCUT2D eigenvalue weighted by molar-refractivity contribution is 5.79. The summed E-state index contributed by atoms with van der Waals surface area (Å²) < 4.78 is 5.37. The second-order valence-electron chi connectivity index (χ2n) is 9.49. The number of nitrogens with zero attached hydrogens (tertiary/aromatic N) is 2. The van der Waals surface area contributed by atoms with E-state index in [0.717, 1.165) is 53.7 Å². The number of fused-ring (bicyclic) bond motifs is 3. The number of hydrogen-bond donors (Lipinski definition) is 2. The molecule has 1 aromatic heterocycles. The van der Waals surface area contributed by atoms with Crippen molar-refractivity contribution < 1.29 is 14.9 Å². The fourth-order valence-electron chi connectivity index (χ4n) is 6.57. The zero-order valence-corrected chi connectivity index (χ0v) is 17.8. The highest BCUT2D eigenvalue weighted by atomic mass is 16.5. The lowest BCUT2D eigenvalue weighted by atomic mass is 9.49. The zero-order valence-electron chi connectivity index (χ0n) is 17.8. The Morgan fingerprint density at radius 3 is 2.87 bits per heavy atom. The van der Waals surface area contributed by atoms with E-state index in [-0.39, 0.29) is 11.8 Å². The van der Waals surface area contributed by atoms with Crippen molar-refractivity contribution in [2.45, 2.75) is 42.7 Å². The monoisotopic (exact) mass is 416 g/mol. The molecule has 2 N–H and O–H groups in total. The Hall–Kier alpha value is -2.47. The molecule has 1 saturated heterocycles. The smallest absolute Gasteiger partial charge is 0.115 e. The van der Waals surface area contributed by atoms with Gasteiger partial charge in [0, 0.05) is 49.0 Å². The summed E-state index contributed by atoms with van der Waals surface area (Å²) in [6.45, 7) is 2.38. The maximum atomic E-state index is 12.5. The molecule has 31 heavy (non-hydrogen) atoms. The van der Waals surface area contributed by atoms with Gasteiger partial charge in [0.2, 0.25) is 0 Å². The van der Waals surface area contributed by atoms with Gasteiger partial charge in [0.25, 0.3) is 0 Å². The van der Waals surface area contributed by atoms with E-state index >= 15 is 0 Å². The average molecular weight is 417 g/mol. The molecule has 2 aliphatic carbocycles. The van der Waals surface area contributed by atoms with Crippen molar-refractivity contribution in [3.63, 3.8) is 0 Å². The molecule has 0 unspecified atom stereocenters. The summed E-state index contributed by atoms with van der Waals surface area (Å²) in [5.41, 5.74) is 4.25. The molecule has 6 rings (SSSR count). The summed E-state index contributed by atoms with van der Waals surface area (Å²) in [7, 11) is 1.73. The average Bonchev–Trinajstić information content (AvgIpc) is 2.76. The number of piperidine rings is 1. The first-order valence-electron chi connectivity index (χ1n) is 11.2. The van der Waals surface area contributed by atoms with Crippen LogP contribution in [-0.4, -0.2) is 58.5 Å². The van der Waals surface area contributed by atoms with E-state index in [1.165, 1.54) is 5.56 Å². The van der Waals surface area contributed by atoms with E-state index in [1.807, 2.05) is 24.3 Å². The van der Waals surface area contributed by atoms with Crippen LogP contribution in [0.2, 0.25) is 0 Å². The normalized spacial score (nSPS) is 29.3. The molecular formula is C26H28N2O3. The molecule has 2 heterocycles. The second-order valence-corrected chi connectivity index (χ2v) is 9.49. The minimum atomic E-state index is -0.906. The molecule has 3 aromatic rings. The topological polar surface area (TPSA) is 65.8 Å². The summed E-state index contributed by atoms with van der Waals surface area (Å²) in [6.07, 6.45) is 2.92. The first kappa shape index (κ1) is 19.2. The largest absolute Gasteiger partial charge is 0.508 e. The lowest BCUT2D eigenvalue weighted by Crippen LogP contribution is -2.74. The van der Waals surface area contributed by atoms with Crippen molar-refractivity contribution in [2.24, 2.45) is 0 Å². The molecule has 2 bridgehead atoms. The fraction of sp³-hybridized carbons (Fsp3) is 0.423. The van der Waals surface area contributed by atoms with Gasteiger partial charge in [-0.15, -0.1) is 0 Å². The van der Waals surface area contributed by atoms with E-state index < -0.39 is 11.0 Å². The predicted molar refractivity (Wildman–Crippen MR) is 119 cm³/mol. The number of para-hydroxylation sites is 1. The number of phenolic OH excluding ortho intramolecular Hbond substituents is 1. The quantitative estimate of drug-likeness (QED) is 0.687. The van der Waals surface area contributed by atoms with Crippen LogP contribution in [0.25, 0.3) is 10.9 Å². The predicted octanol–water partition coefficient (Wildman–Crippen LogP) is 2.98. The van der Waals surface area contributed by atoms with Crippen molar-refractivity contribution in [3.05, 3.63) is 70.9 Å². The lowest BCUT2D eigenvalue weighted by Gasteiger charge is -2.63. The molecule has 1 fully saturated rings. The molecule has 5 heteroatoms. The third kappa shape index (κ3) is 2.63. The third-order valence-corrected chi connectivity index (χ3v) is 8.07. The Bertz CT molecular complexity index is 1180. The zero-order chi connectivity index (χ0) is 21.2. The Kier molecular flexibility index (Phi) is 4.20. The van der Waals surface area contributed by atoms with Crippen LogP contribution in [0.15, 0.2) is 48.5 Å². The standard InChI is InChI=1S/C26H28N2O3/c1-31-11-10-28-9-8-25-16-23-19(12-18-4-2-3-5-22(18)27-23)15-26(25,30)24(28)13-17-6-7-20(29)14-21(17)25/h2-7,12,14,24,29-30H,8-11,13,15-16H2,1H3/t24-,25-,26-/m1/s1. The van der Waals surface area contributed by atoms with Gasteiger partial charge in [0.1, 0.15) is 5.75 Å². The summed E-state index contributed by atoms with van der Waals surface area (Å²) >= 11 is 0. The number of aromatic hydroxyl groups is 1. The van der Waals surface area contributed by atoms with Crippen molar-refractivity contribution in [1.82, 2.24) is 9.88 Å². The molecule has 3 aliphatic rings. The maximum Gasteiger partial charge on any atom is 0.115 e. The van der Waals surface area contributed by atoms with Gasteiger partial charge in [0.05, 0.1) is 17.7 Å². The van der Waals surface area contributed by atoms with E-state index in [1.54, 1.807) is 13.2 Å². The van der Waals surface area contributed by atoms with Crippen molar-refractivity contribution >= 4 is 10.9 Å². The highest BCUT2D eigenvalue weighted by Gasteiger charge is 2.64. The number of aliphatic hydroxyl groups is 1. The molecule has 0 saturated carbocycles. The van der Waals surface area contributed by atoms with Crippen LogP contribution >= 0.6 is 0 Å². The van der Waals surface area contributed by atoms with Crippen LogP contribution in [-0.2, 0) is 29.4 Å². The number of benzene rings is 2. The summed E-state index contributed by atoms with van der Waals surface area (Å²) in [6, 6.07) is 16.2. The molecule has 0 amide bonds. The molecular weight excluding hydrogens is 388 g/mol. The van der Waals surface area contributed by atoms with Gasteiger partial charge >= 0.3 is 0 Å². The van der Waals surface area contributed by atoms with Gasteiger partial charge in [-0.1, -0.05) is 24.3 Å². The third-order valence-electron chi connectivity index (χ3n) is 8.07. The van der Waals surface area contributed by atoms with Crippen LogP contribution in [0.1, 0.15) is 28.8 Å². The van der Waals surface area contributed by atoms with Gasteiger partial charge in [0.15, 0.2) is 0 Å². The first-order valence-corrected chi connectivity index (χ1v) is 11.2. The van der Waals surface area contributed by atoms with Gasteiger partial charge in [-0.25, -0.2) is 0 Å². The molecule has 1 aliphatic heterocycles. The van der Waals surface area contributed by atoms with E-state index in [9.17, 15) is 10.2 Å². The Balaban J connectivity index is 1.55. The lowest BCUT2D eigenvalue weighted by molar-refractivity contribution is -0.153. The van der Waals surface area contributed by atoms with Crippen LogP contribution in [0.5, 0.6) is 5.75 Å². The number of pyridine rings is 1. The van der Waals surface area contributed by atoms with Gasteiger partial charge in [-0.3, -0.25) is 9.88 Å². The van der Waals surface area contributed by atoms with Crippen LogP contribution in [0.4, 0.5) is 0 Å². The fourth-order valence-corrected chi connectivity index (χ4v) is 6.57. The Morgan fingerprint density at radius 1 is 1.13 bits per heavy atom. The van der Waals surface area contributed by atoms with Gasteiger partial charge < -0.3 is 14.9 Å². The van der Waals surface area contributed by atoms with Crippen molar-refractivity contribution in [1.29, 1.82) is 0 Å². The van der Waals surface area contributed by atoms with Crippen LogP contribution in [0, 0.1) is 0 Å². The minimum absolute atomic E-state index is 0.0214. The second kappa shape index (κ2) is 6.76. The molecule has 0 radical (unpaired) electrons.